The summed E-state index contributed by atoms with van der Waals surface area (Å²) in [6, 6.07) is 1.88. The molecule has 0 aromatic carbocycles. The van der Waals surface area contributed by atoms with Crippen molar-refractivity contribution < 1.29 is 13.9 Å². The van der Waals surface area contributed by atoms with Crippen molar-refractivity contribution >= 4 is 33.3 Å². The molecule has 0 amide bonds. The predicted molar refractivity (Wildman–Crippen MR) is 126 cm³/mol. The van der Waals surface area contributed by atoms with Gasteiger partial charge in [-0.05, 0) is 52.0 Å². The molecule has 0 aliphatic heterocycles. The monoisotopic (exact) mass is 474 g/mol. The highest BCUT2D eigenvalue weighted by Crippen LogP contribution is 2.41. The summed E-state index contributed by atoms with van der Waals surface area (Å²) in [5, 5.41) is 17.0. The molecule has 33 heavy (non-hydrogen) atoms. The third kappa shape index (κ3) is 4.50. The van der Waals surface area contributed by atoms with Gasteiger partial charge in [-0.3, -0.25) is 4.98 Å². The van der Waals surface area contributed by atoms with E-state index in [-0.39, 0.29) is 37.5 Å². The zero-order valence-corrected chi connectivity index (χ0v) is 19.8. The summed E-state index contributed by atoms with van der Waals surface area (Å²) in [5.74, 6) is -1.32. The van der Waals surface area contributed by atoms with Crippen LogP contribution in [0.15, 0.2) is 6.07 Å². The molecule has 0 bridgehead atoms. The van der Waals surface area contributed by atoms with E-state index in [4.69, 9.17) is 9.97 Å². The molecule has 2 atom stereocenters. The molecule has 3 N–H and O–H groups in total. The van der Waals surface area contributed by atoms with Crippen LogP contribution in [0.1, 0.15) is 49.2 Å². The minimum Gasteiger partial charge on any atom is -0.396 e. The number of hydrogen-bond acceptors (Lipinski definition) is 8. The number of rotatable bonds is 6. The van der Waals surface area contributed by atoms with Crippen LogP contribution in [-0.2, 0) is 0 Å². The van der Waals surface area contributed by atoms with Gasteiger partial charge in [0.2, 0.25) is 5.95 Å². The van der Waals surface area contributed by atoms with Crippen LogP contribution in [0.3, 0.4) is 0 Å². The SMILES string of the molecule is Cc1cc2sc(-c3c(C)nc(NC4CC(F)(F)C4)nc3NC3CCC(CO)C3)nc2c(C)n1. The van der Waals surface area contributed by atoms with Gasteiger partial charge in [0.05, 0.1) is 21.7 Å². The minimum absolute atomic E-state index is 0.177. The van der Waals surface area contributed by atoms with Crippen molar-refractivity contribution in [3.8, 4) is 10.6 Å². The molecule has 10 heteroatoms. The molecule has 0 spiro atoms. The van der Waals surface area contributed by atoms with Gasteiger partial charge in [0.25, 0.3) is 5.92 Å². The average Bonchev–Trinajstić information content (AvgIpc) is 3.33. The summed E-state index contributed by atoms with van der Waals surface area (Å²) in [6.07, 6.45) is 2.35. The molecule has 176 valence electrons. The first-order valence-corrected chi connectivity index (χ1v) is 12.2. The number of nitrogens with one attached hydrogen (secondary N) is 2. The van der Waals surface area contributed by atoms with Gasteiger partial charge in [-0.2, -0.15) is 4.98 Å². The maximum atomic E-state index is 13.3. The summed E-state index contributed by atoms with van der Waals surface area (Å²) in [4.78, 5) is 18.7. The van der Waals surface area contributed by atoms with Crippen molar-refractivity contribution in [2.45, 2.75) is 70.9 Å². The van der Waals surface area contributed by atoms with Gasteiger partial charge in [-0.1, -0.05) is 0 Å². The number of anilines is 2. The number of aliphatic hydroxyl groups excluding tert-OH is 1. The molecule has 7 nitrogen and oxygen atoms in total. The molecule has 0 saturated heterocycles. The van der Waals surface area contributed by atoms with E-state index in [9.17, 15) is 13.9 Å². The van der Waals surface area contributed by atoms with Gasteiger partial charge in [-0.15, -0.1) is 11.3 Å². The van der Waals surface area contributed by atoms with Gasteiger partial charge < -0.3 is 15.7 Å². The lowest BCUT2D eigenvalue weighted by Gasteiger charge is -2.35. The van der Waals surface area contributed by atoms with E-state index < -0.39 is 5.92 Å². The first kappa shape index (κ1) is 22.3. The molecule has 5 rings (SSSR count). The second-order valence-corrected chi connectivity index (χ2v) is 10.4. The van der Waals surface area contributed by atoms with Crippen LogP contribution in [0.4, 0.5) is 20.5 Å². The Balaban J connectivity index is 1.52. The molecule has 2 fully saturated rings. The molecule has 2 aliphatic carbocycles. The minimum atomic E-state index is -2.61. The van der Waals surface area contributed by atoms with E-state index in [0.29, 0.717) is 11.8 Å². The highest BCUT2D eigenvalue weighted by Gasteiger charge is 2.45. The van der Waals surface area contributed by atoms with E-state index in [1.165, 1.54) is 0 Å². The maximum absolute atomic E-state index is 13.3. The molecular formula is C23H28F2N6OS. The molecule has 2 saturated carbocycles. The number of hydrogen-bond donors (Lipinski definition) is 3. The summed E-state index contributed by atoms with van der Waals surface area (Å²) in [7, 11) is 0. The molecular weight excluding hydrogens is 446 g/mol. The Morgan fingerprint density at radius 3 is 2.52 bits per heavy atom. The number of aromatic nitrogens is 4. The summed E-state index contributed by atoms with van der Waals surface area (Å²) >= 11 is 1.57. The van der Waals surface area contributed by atoms with Crippen molar-refractivity contribution in [1.29, 1.82) is 0 Å². The maximum Gasteiger partial charge on any atom is 0.252 e. The number of nitrogens with zero attached hydrogens (tertiary/aromatic N) is 4. The lowest BCUT2D eigenvalue weighted by Crippen LogP contribution is -2.44. The fourth-order valence-corrected chi connectivity index (χ4v) is 6.06. The summed E-state index contributed by atoms with van der Waals surface area (Å²) < 4.78 is 27.7. The number of halogens is 2. The second kappa shape index (κ2) is 8.39. The smallest absolute Gasteiger partial charge is 0.252 e. The van der Waals surface area contributed by atoms with Crippen LogP contribution in [0.25, 0.3) is 20.8 Å². The van der Waals surface area contributed by atoms with E-state index in [1.807, 2.05) is 26.8 Å². The Hall–Kier alpha value is -2.46. The number of alkyl halides is 2. The van der Waals surface area contributed by atoms with Gasteiger partial charge in [0.1, 0.15) is 16.3 Å². The fraction of sp³-hybridized carbons (Fsp3) is 0.565. The third-order valence-corrected chi connectivity index (χ3v) is 7.57. The standard InChI is InChI=1S/C23H28F2N6OS/c1-11-6-17-19(13(3)26-11)30-21(33-17)18-12(2)27-22(29-16-8-23(24,25)9-16)31-20(18)28-15-5-4-14(7-15)10-32/h6,14-16,32H,4-5,7-10H2,1-3H3,(H2,27,28,29,31). The Morgan fingerprint density at radius 2 is 1.82 bits per heavy atom. The quantitative estimate of drug-likeness (QED) is 0.470. The molecule has 3 aromatic heterocycles. The van der Waals surface area contributed by atoms with E-state index >= 15 is 0 Å². The van der Waals surface area contributed by atoms with Gasteiger partial charge in [-0.25, -0.2) is 18.7 Å². The number of thiazole rings is 1. The summed E-state index contributed by atoms with van der Waals surface area (Å²) in [6.45, 7) is 6.00. The largest absolute Gasteiger partial charge is 0.396 e. The van der Waals surface area contributed by atoms with Gasteiger partial charge >= 0.3 is 0 Å². The zero-order chi connectivity index (χ0) is 23.3. The van der Waals surface area contributed by atoms with E-state index in [0.717, 1.165) is 57.1 Å². The highest BCUT2D eigenvalue weighted by molar-refractivity contribution is 7.21. The van der Waals surface area contributed by atoms with Crippen LogP contribution in [-0.4, -0.2) is 49.7 Å². The third-order valence-electron chi connectivity index (χ3n) is 6.55. The average molecular weight is 475 g/mol. The van der Waals surface area contributed by atoms with Crippen molar-refractivity contribution in [2.75, 3.05) is 17.2 Å². The van der Waals surface area contributed by atoms with Crippen molar-refractivity contribution in [1.82, 2.24) is 19.9 Å². The highest BCUT2D eigenvalue weighted by atomic mass is 32.1. The zero-order valence-electron chi connectivity index (χ0n) is 19.0. The summed E-state index contributed by atoms with van der Waals surface area (Å²) in [5.41, 5.74) is 4.25. The van der Waals surface area contributed by atoms with Crippen LogP contribution in [0.5, 0.6) is 0 Å². The van der Waals surface area contributed by atoms with Crippen LogP contribution in [0.2, 0.25) is 0 Å². The van der Waals surface area contributed by atoms with E-state index in [1.54, 1.807) is 11.3 Å². The topological polar surface area (TPSA) is 95.9 Å². The molecule has 0 radical (unpaired) electrons. The lowest BCUT2D eigenvalue weighted by atomic mass is 9.88. The normalized spacial score (nSPS) is 22.5. The predicted octanol–water partition coefficient (Wildman–Crippen LogP) is 4.86. The number of aliphatic hydroxyl groups is 1. The Bertz CT molecular complexity index is 1190. The second-order valence-electron chi connectivity index (χ2n) is 9.38. The van der Waals surface area contributed by atoms with Gasteiger partial charge in [0, 0.05) is 37.2 Å². The number of fused-ring (bicyclic) bond motifs is 1. The van der Waals surface area contributed by atoms with E-state index in [2.05, 4.69) is 20.6 Å². The number of pyridine rings is 1. The first-order valence-electron chi connectivity index (χ1n) is 11.4. The van der Waals surface area contributed by atoms with Crippen molar-refractivity contribution in [2.24, 2.45) is 5.92 Å². The van der Waals surface area contributed by atoms with Crippen LogP contribution >= 0.6 is 11.3 Å². The van der Waals surface area contributed by atoms with Crippen molar-refractivity contribution in [3.05, 3.63) is 23.1 Å². The molecule has 2 aliphatic rings. The fourth-order valence-electron chi connectivity index (χ4n) is 4.84. The van der Waals surface area contributed by atoms with Gasteiger partial charge in [0.15, 0.2) is 0 Å². The Morgan fingerprint density at radius 1 is 1.03 bits per heavy atom. The van der Waals surface area contributed by atoms with Crippen LogP contribution < -0.4 is 10.6 Å². The first-order chi connectivity index (χ1) is 15.7. The lowest BCUT2D eigenvalue weighted by molar-refractivity contribution is -0.0794. The molecule has 3 aromatic rings. The number of aryl methyl sites for hydroxylation is 3. The Kier molecular flexibility index (Phi) is 5.68. The van der Waals surface area contributed by atoms with Crippen molar-refractivity contribution in [3.63, 3.8) is 0 Å². The Labute approximate surface area is 195 Å². The van der Waals surface area contributed by atoms with Crippen LogP contribution in [0, 0.1) is 26.7 Å². The molecule has 2 unspecified atom stereocenters. The molecule has 3 heterocycles.